The van der Waals surface area contributed by atoms with E-state index in [0.29, 0.717) is 17.6 Å². The van der Waals surface area contributed by atoms with E-state index in [2.05, 4.69) is 25.8 Å². The fourth-order valence-electron chi connectivity index (χ4n) is 2.10. The molecule has 20 heavy (non-hydrogen) atoms. The number of thiocarbonyl (C=S) groups is 1. The average Bonchev–Trinajstić information content (AvgIpc) is 2.44. The molecule has 0 saturated heterocycles. The van der Waals surface area contributed by atoms with Gasteiger partial charge in [0.05, 0.1) is 6.61 Å². The maximum Gasteiger partial charge on any atom is 0.119 e. The highest BCUT2D eigenvalue weighted by atomic mass is 32.1. The number of nitrogens with two attached hydrogens (primary N) is 1. The van der Waals surface area contributed by atoms with Crippen molar-refractivity contribution >= 4 is 17.2 Å². The van der Waals surface area contributed by atoms with E-state index in [1.807, 2.05) is 24.3 Å². The Balaban J connectivity index is 2.30. The molecule has 0 saturated carbocycles. The first-order valence-electron chi connectivity index (χ1n) is 7.27. The van der Waals surface area contributed by atoms with Gasteiger partial charge in [0.15, 0.2) is 0 Å². The molecule has 0 heterocycles. The molecule has 0 aliphatic rings. The van der Waals surface area contributed by atoms with E-state index < -0.39 is 0 Å². The van der Waals surface area contributed by atoms with E-state index in [1.165, 1.54) is 12.8 Å². The van der Waals surface area contributed by atoms with Crippen LogP contribution in [0.15, 0.2) is 24.3 Å². The first-order chi connectivity index (χ1) is 9.54. The quantitative estimate of drug-likeness (QED) is 0.561. The van der Waals surface area contributed by atoms with Crippen LogP contribution in [0.5, 0.6) is 5.75 Å². The molecule has 0 aromatic heterocycles. The Morgan fingerprint density at radius 1 is 1.45 bits per heavy atom. The van der Waals surface area contributed by atoms with Gasteiger partial charge < -0.3 is 15.4 Å². The highest BCUT2D eigenvalue weighted by molar-refractivity contribution is 7.80. The minimum absolute atomic E-state index is 0.406. The third-order valence-corrected chi connectivity index (χ3v) is 3.74. The molecule has 1 atom stereocenters. The van der Waals surface area contributed by atoms with Crippen LogP contribution in [-0.2, 0) is 0 Å². The summed E-state index contributed by atoms with van der Waals surface area (Å²) in [6.45, 7) is 6.26. The van der Waals surface area contributed by atoms with Crippen LogP contribution in [0, 0.1) is 0 Å². The minimum atomic E-state index is 0.406. The van der Waals surface area contributed by atoms with Crippen molar-refractivity contribution in [3.05, 3.63) is 29.8 Å². The van der Waals surface area contributed by atoms with E-state index >= 15 is 0 Å². The molecular formula is C16H26N2OS. The molecule has 0 aliphatic heterocycles. The Morgan fingerprint density at radius 3 is 2.85 bits per heavy atom. The van der Waals surface area contributed by atoms with Crippen molar-refractivity contribution in [2.45, 2.75) is 39.2 Å². The van der Waals surface area contributed by atoms with Crippen LogP contribution in [0.25, 0.3) is 0 Å². The second-order valence-electron chi connectivity index (χ2n) is 5.21. The number of benzene rings is 1. The van der Waals surface area contributed by atoms with Gasteiger partial charge in [0.25, 0.3) is 0 Å². The van der Waals surface area contributed by atoms with Crippen LogP contribution >= 0.6 is 12.2 Å². The summed E-state index contributed by atoms with van der Waals surface area (Å²) in [6, 6.07) is 8.28. The largest absolute Gasteiger partial charge is 0.494 e. The minimum Gasteiger partial charge on any atom is -0.494 e. The molecule has 1 unspecified atom stereocenters. The van der Waals surface area contributed by atoms with Crippen molar-refractivity contribution in [1.29, 1.82) is 0 Å². The molecule has 0 fully saturated rings. The van der Waals surface area contributed by atoms with E-state index in [0.717, 1.165) is 24.3 Å². The molecule has 0 amide bonds. The van der Waals surface area contributed by atoms with Gasteiger partial charge in [-0.1, -0.05) is 37.7 Å². The summed E-state index contributed by atoms with van der Waals surface area (Å²) in [5, 5.41) is 0. The summed E-state index contributed by atoms with van der Waals surface area (Å²) in [6.07, 6.45) is 3.49. The normalized spacial score (nSPS) is 12.4. The Labute approximate surface area is 128 Å². The number of hydrogen-bond acceptors (Lipinski definition) is 3. The van der Waals surface area contributed by atoms with Gasteiger partial charge in [0.2, 0.25) is 0 Å². The third-order valence-electron chi connectivity index (χ3n) is 3.50. The van der Waals surface area contributed by atoms with Crippen molar-refractivity contribution in [2.75, 3.05) is 20.2 Å². The summed E-state index contributed by atoms with van der Waals surface area (Å²) in [5.74, 6) is 0.833. The molecule has 1 aromatic carbocycles. The second kappa shape index (κ2) is 8.93. The van der Waals surface area contributed by atoms with Crippen LogP contribution in [-0.4, -0.2) is 36.1 Å². The number of nitrogens with zero attached hydrogens (tertiary/aromatic N) is 1. The Kier molecular flexibility index (Phi) is 7.55. The molecule has 1 aromatic rings. The Bertz CT molecular complexity index is 423. The SMILES string of the molecule is CCCC(C)N(C)CCCOc1cccc(C(N)=S)c1. The fourth-order valence-corrected chi connectivity index (χ4v) is 2.23. The maximum atomic E-state index is 5.75. The van der Waals surface area contributed by atoms with Crippen LogP contribution in [0.1, 0.15) is 38.7 Å². The third kappa shape index (κ3) is 5.88. The van der Waals surface area contributed by atoms with Gasteiger partial charge in [-0.15, -0.1) is 0 Å². The van der Waals surface area contributed by atoms with Crippen molar-refractivity contribution in [3.8, 4) is 5.75 Å². The lowest BCUT2D eigenvalue weighted by atomic mass is 10.2. The van der Waals surface area contributed by atoms with Gasteiger partial charge in [-0.3, -0.25) is 0 Å². The second-order valence-corrected chi connectivity index (χ2v) is 5.65. The fraction of sp³-hybridized carbons (Fsp3) is 0.562. The molecule has 0 bridgehead atoms. The zero-order valence-corrected chi connectivity index (χ0v) is 13.6. The topological polar surface area (TPSA) is 38.5 Å². The van der Waals surface area contributed by atoms with Gasteiger partial charge in [-0.05, 0) is 38.9 Å². The number of ether oxygens (including phenoxy) is 1. The molecule has 3 nitrogen and oxygen atoms in total. The van der Waals surface area contributed by atoms with E-state index in [1.54, 1.807) is 0 Å². The zero-order chi connectivity index (χ0) is 15.0. The van der Waals surface area contributed by atoms with Crippen LogP contribution in [0.2, 0.25) is 0 Å². The first-order valence-corrected chi connectivity index (χ1v) is 7.68. The highest BCUT2D eigenvalue weighted by Gasteiger charge is 2.07. The number of rotatable bonds is 9. The molecule has 2 N–H and O–H groups in total. The lowest BCUT2D eigenvalue weighted by molar-refractivity contribution is 0.216. The van der Waals surface area contributed by atoms with Crippen molar-refractivity contribution < 1.29 is 4.74 Å². The van der Waals surface area contributed by atoms with Gasteiger partial charge in [-0.2, -0.15) is 0 Å². The van der Waals surface area contributed by atoms with Crippen molar-refractivity contribution in [1.82, 2.24) is 4.90 Å². The maximum absolute atomic E-state index is 5.75. The molecule has 0 radical (unpaired) electrons. The Hall–Kier alpha value is -1.13. The predicted octanol–water partition coefficient (Wildman–Crippen LogP) is 3.21. The monoisotopic (exact) mass is 294 g/mol. The lowest BCUT2D eigenvalue weighted by Crippen LogP contribution is -2.30. The van der Waals surface area contributed by atoms with Gasteiger partial charge in [-0.25, -0.2) is 0 Å². The number of hydrogen-bond donors (Lipinski definition) is 1. The van der Waals surface area contributed by atoms with Crippen LogP contribution < -0.4 is 10.5 Å². The smallest absolute Gasteiger partial charge is 0.119 e. The summed E-state index contributed by atoms with van der Waals surface area (Å²) < 4.78 is 5.75. The molecule has 112 valence electrons. The van der Waals surface area contributed by atoms with E-state index in [9.17, 15) is 0 Å². The molecular weight excluding hydrogens is 268 g/mol. The highest BCUT2D eigenvalue weighted by Crippen LogP contribution is 2.13. The first kappa shape index (κ1) is 16.9. The summed E-state index contributed by atoms with van der Waals surface area (Å²) in [5.41, 5.74) is 6.46. The lowest BCUT2D eigenvalue weighted by Gasteiger charge is -2.24. The summed E-state index contributed by atoms with van der Waals surface area (Å²) in [4.78, 5) is 2.79. The van der Waals surface area contributed by atoms with Gasteiger partial charge in [0.1, 0.15) is 10.7 Å². The van der Waals surface area contributed by atoms with E-state index in [-0.39, 0.29) is 0 Å². The van der Waals surface area contributed by atoms with E-state index in [4.69, 9.17) is 22.7 Å². The summed E-state index contributed by atoms with van der Waals surface area (Å²) >= 11 is 4.96. The van der Waals surface area contributed by atoms with Crippen molar-refractivity contribution in [2.24, 2.45) is 5.73 Å². The zero-order valence-electron chi connectivity index (χ0n) is 12.8. The summed E-state index contributed by atoms with van der Waals surface area (Å²) in [7, 11) is 2.17. The molecule has 4 heteroatoms. The molecule has 0 aliphatic carbocycles. The molecule has 1 rings (SSSR count). The standard InChI is InChI=1S/C16H26N2OS/c1-4-7-13(2)18(3)10-6-11-19-15-9-5-8-14(12-15)16(17)20/h5,8-9,12-13H,4,6-7,10-11H2,1-3H3,(H2,17,20). The van der Waals surface area contributed by atoms with Gasteiger partial charge in [0, 0.05) is 18.2 Å². The van der Waals surface area contributed by atoms with Gasteiger partial charge >= 0.3 is 0 Å². The van der Waals surface area contributed by atoms with Crippen LogP contribution in [0.3, 0.4) is 0 Å². The predicted molar refractivity (Wildman–Crippen MR) is 89.4 cm³/mol. The average molecular weight is 294 g/mol. The van der Waals surface area contributed by atoms with Crippen molar-refractivity contribution in [3.63, 3.8) is 0 Å². The van der Waals surface area contributed by atoms with Crippen LogP contribution in [0.4, 0.5) is 0 Å². The molecule has 0 spiro atoms. The Morgan fingerprint density at radius 2 is 2.20 bits per heavy atom.